The van der Waals surface area contributed by atoms with Crippen molar-refractivity contribution in [2.75, 3.05) is 13.6 Å². The van der Waals surface area contributed by atoms with Crippen LogP contribution < -0.4 is 5.32 Å². The first kappa shape index (κ1) is 21.1. The van der Waals surface area contributed by atoms with Crippen LogP contribution in [0.3, 0.4) is 0 Å². The van der Waals surface area contributed by atoms with Crippen molar-refractivity contribution in [3.63, 3.8) is 0 Å². The van der Waals surface area contributed by atoms with E-state index in [4.69, 9.17) is 0 Å². The van der Waals surface area contributed by atoms with Crippen molar-refractivity contribution in [1.82, 2.24) is 9.62 Å². The van der Waals surface area contributed by atoms with Gasteiger partial charge in [0.25, 0.3) is 5.91 Å². The minimum absolute atomic E-state index is 0.126. The predicted octanol–water partition coefficient (Wildman–Crippen LogP) is 3.64. The average Bonchev–Trinajstić information content (AvgIpc) is 2.68. The molecule has 5 nitrogen and oxygen atoms in total. The van der Waals surface area contributed by atoms with Gasteiger partial charge < -0.3 is 5.32 Å². The summed E-state index contributed by atoms with van der Waals surface area (Å²) < 4.78 is 26.6. The zero-order valence-corrected chi connectivity index (χ0v) is 17.2. The predicted molar refractivity (Wildman–Crippen MR) is 108 cm³/mol. The molecule has 0 heterocycles. The van der Waals surface area contributed by atoms with E-state index >= 15 is 0 Å². The van der Waals surface area contributed by atoms with Crippen molar-refractivity contribution in [3.05, 3.63) is 65.7 Å². The lowest BCUT2D eigenvalue weighted by Crippen LogP contribution is -2.33. The molecule has 0 aliphatic heterocycles. The highest BCUT2D eigenvalue weighted by Gasteiger charge is 2.24. The highest BCUT2D eigenvalue weighted by molar-refractivity contribution is 7.89. The second kappa shape index (κ2) is 9.15. The lowest BCUT2D eigenvalue weighted by Gasteiger charge is -2.21. The molecular formula is C21H28N2O3S. The minimum Gasteiger partial charge on any atom is -0.351 e. The van der Waals surface area contributed by atoms with Crippen LogP contribution in [0.4, 0.5) is 0 Å². The molecule has 1 atom stereocenters. The fraction of sp³-hybridized carbons (Fsp3) is 0.381. The van der Waals surface area contributed by atoms with Crippen molar-refractivity contribution in [2.24, 2.45) is 0 Å². The van der Waals surface area contributed by atoms with Gasteiger partial charge in [0.1, 0.15) is 0 Å². The van der Waals surface area contributed by atoms with Crippen molar-refractivity contribution in [2.45, 2.75) is 44.0 Å². The molecule has 0 aliphatic rings. The Labute approximate surface area is 162 Å². The standard InChI is InChI=1S/C21H28N2O3S/c1-5-17(18-10-7-6-8-11-18)15-22-21(24)19-12-9-13-20(14-19)27(25,26)23(4)16(2)3/h6-14,16-17H,5,15H2,1-4H3,(H,22,24). The lowest BCUT2D eigenvalue weighted by molar-refractivity contribution is 0.0950. The Hall–Kier alpha value is -2.18. The van der Waals surface area contributed by atoms with Crippen molar-refractivity contribution < 1.29 is 13.2 Å². The Kier molecular flexibility index (Phi) is 7.16. The van der Waals surface area contributed by atoms with Gasteiger partial charge in [-0.05, 0) is 44.0 Å². The van der Waals surface area contributed by atoms with Gasteiger partial charge in [0, 0.05) is 31.1 Å². The van der Waals surface area contributed by atoms with Gasteiger partial charge in [-0.2, -0.15) is 4.31 Å². The Morgan fingerprint density at radius 1 is 1.07 bits per heavy atom. The second-order valence-corrected chi connectivity index (χ2v) is 8.87. The third-order valence-corrected chi connectivity index (χ3v) is 6.80. The molecule has 1 amide bonds. The van der Waals surface area contributed by atoms with Gasteiger partial charge in [0.15, 0.2) is 0 Å². The molecule has 1 unspecified atom stereocenters. The number of sulfonamides is 1. The largest absolute Gasteiger partial charge is 0.351 e. The van der Waals surface area contributed by atoms with E-state index in [0.29, 0.717) is 12.1 Å². The summed E-state index contributed by atoms with van der Waals surface area (Å²) in [6.07, 6.45) is 0.901. The van der Waals surface area contributed by atoms with Crippen LogP contribution in [-0.4, -0.2) is 38.3 Å². The maximum Gasteiger partial charge on any atom is 0.251 e. The first-order valence-corrected chi connectivity index (χ1v) is 10.6. The molecule has 0 spiro atoms. The third kappa shape index (κ3) is 5.17. The number of carbonyl (C=O) groups excluding carboxylic acids is 1. The van der Waals surface area contributed by atoms with Crippen LogP contribution in [0.1, 0.15) is 49.0 Å². The molecular weight excluding hydrogens is 360 g/mol. The summed E-state index contributed by atoms with van der Waals surface area (Å²) in [6, 6.07) is 16.1. The monoisotopic (exact) mass is 388 g/mol. The van der Waals surface area contributed by atoms with E-state index in [9.17, 15) is 13.2 Å². The summed E-state index contributed by atoms with van der Waals surface area (Å²) in [4.78, 5) is 12.7. The van der Waals surface area contributed by atoms with Crippen LogP contribution in [-0.2, 0) is 10.0 Å². The van der Waals surface area contributed by atoms with Crippen LogP contribution in [0, 0.1) is 0 Å². The summed E-state index contributed by atoms with van der Waals surface area (Å²) in [5, 5.41) is 2.93. The molecule has 0 radical (unpaired) electrons. The van der Waals surface area contributed by atoms with E-state index < -0.39 is 10.0 Å². The SMILES string of the molecule is CCC(CNC(=O)c1cccc(S(=O)(=O)N(C)C(C)C)c1)c1ccccc1. The van der Waals surface area contributed by atoms with Gasteiger partial charge >= 0.3 is 0 Å². The number of nitrogens with zero attached hydrogens (tertiary/aromatic N) is 1. The number of nitrogens with one attached hydrogen (secondary N) is 1. The molecule has 1 N–H and O–H groups in total. The van der Waals surface area contributed by atoms with Crippen LogP contribution in [0.5, 0.6) is 0 Å². The van der Waals surface area contributed by atoms with Crippen LogP contribution in [0.25, 0.3) is 0 Å². The van der Waals surface area contributed by atoms with E-state index in [-0.39, 0.29) is 22.8 Å². The molecule has 2 rings (SSSR count). The number of benzene rings is 2. The molecule has 6 heteroatoms. The zero-order valence-electron chi connectivity index (χ0n) is 16.3. The van der Waals surface area contributed by atoms with E-state index in [2.05, 4.69) is 24.4 Å². The van der Waals surface area contributed by atoms with Crippen LogP contribution in [0.2, 0.25) is 0 Å². The first-order valence-electron chi connectivity index (χ1n) is 9.18. The maximum atomic E-state index is 12.6. The highest BCUT2D eigenvalue weighted by Crippen LogP contribution is 2.20. The summed E-state index contributed by atoms with van der Waals surface area (Å²) in [6.45, 7) is 6.20. The van der Waals surface area contributed by atoms with Crippen LogP contribution >= 0.6 is 0 Å². The van der Waals surface area contributed by atoms with Gasteiger partial charge in [0.05, 0.1) is 4.90 Å². The molecule has 0 aromatic heterocycles. The van der Waals surface area contributed by atoms with E-state index in [1.54, 1.807) is 19.2 Å². The Bertz CT molecular complexity index is 864. The topological polar surface area (TPSA) is 66.5 Å². The van der Waals surface area contributed by atoms with E-state index in [0.717, 1.165) is 6.42 Å². The average molecular weight is 389 g/mol. The fourth-order valence-corrected chi connectivity index (χ4v) is 4.20. The summed E-state index contributed by atoms with van der Waals surface area (Å²) >= 11 is 0. The molecule has 0 fully saturated rings. The van der Waals surface area contributed by atoms with Crippen molar-refractivity contribution >= 4 is 15.9 Å². The van der Waals surface area contributed by atoms with E-state index in [1.165, 1.54) is 22.0 Å². The highest BCUT2D eigenvalue weighted by atomic mass is 32.2. The molecule has 0 bridgehead atoms. The number of hydrogen-bond acceptors (Lipinski definition) is 3. The molecule has 0 saturated heterocycles. The maximum absolute atomic E-state index is 12.6. The summed E-state index contributed by atoms with van der Waals surface area (Å²) in [5.74, 6) is -0.0530. The number of amides is 1. The fourth-order valence-electron chi connectivity index (χ4n) is 2.78. The molecule has 27 heavy (non-hydrogen) atoms. The van der Waals surface area contributed by atoms with Gasteiger partial charge in [-0.1, -0.05) is 43.3 Å². The number of hydrogen-bond donors (Lipinski definition) is 1. The first-order chi connectivity index (χ1) is 12.8. The molecule has 146 valence electrons. The van der Waals surface area contributed by atoms with Gasteiger partial charge in [0.2, 0.25) is 10.0 Å². The van der Waals surface area contributed by atoms with Gasteiger partial charge in [-0.3, -0.25) is 4.79 Å². The summed E-state index contributed by atoms with van der Waals surface area (Å²) in [5.41, 5.74) is 1.52. The number of carbonyl (C=O) groups is 1. The normalized spacial score (nSPS) is 13.0. The number of rotatable bonds is 8. The Balaban J connectivity index is 2.13. The van der Waals surface area contributed by atoms with E-state index in [1.807, 2.05) is 32.0 Å². The van der Waals surface area contributed by atoms with Gasteiger partial charge in [-0.25, -0.2) is 8.42 Å². The minimum atomic E-state index is -3.62. The third-order valence-electron chi connectivity index (χ3n) is 4.77. The smallest absolute Gasteiger partial charge is 0.251 e. The molecule has 2 aromatic carbocycles. The molecule has 0 aliphatic carbocycles. The molecule has 0 saturated carbocycles. The van der Waals surface area contributed by atoms with Gasteiger partial charge in [-0.15, -0.1) is 0 Å². The summed E-state index contributed by atoms with van der Waals surface area (Å²) in [7, 11) is -2.08. The Morgan fingerprint density at radius 3 is 2.33 bits per heavy atom. The Morgan fingerprint density at radius 2 is 1.74 bits per heavy atom. The zero-order chi connectivity index (χ0) is 20.0. The van der Waals surface area contributed by atoms with Crippen molar-refractivity contribution in [1.29, 1.82) is 0 Å². The second-order valence-electron chi connectivity index (χ2n) is 6.87. The molecule has 2 aromatic rings. The lowest BCUT2D eigenvalue weighted by atomic mass is 9.96. The van der Waals surface area contributed by atoms with Crippen LogP contribution in [0.15, 0.2) is 59.5 Å². The van der Waals surface area contributed by atoms with Crippen molar-refractivity contribution in [3.8, 4) is 0 Å². The quantitative estimate of drug-likeness (QED) is 0.751.